The first-order chi connectivity index (χ1) is 9.61. The molecule has 0 aliphatic heterocycles. The van der Waals surface area contributed by atoms with Crippen LogP contribution in [0.2, 0.25) is 10.0 Å². The Kier molecular flexibility index (Phi) is 3.59. The summed E-state index contributed by atoms with van der Waals surface area (Å²) in [6.07, 6.45) is 0. The van der Waals surface area contributed by atoms with Crippen LogP contribution in [-0.4, -0.2) is 9.55 Å². The van der Waals surface area contributed by atoms with Crippen LogP contribution in [0.3, 0.4) is 0 Å². The van der Waals surface area contributed by atoms with Crippen LogP contribution in [0.5, 0.6) is 0 Å². The summed E-state index contributed by atoms with van der Waals surface area (Å²) < 4.78 is 15.1. The molecule has 102 valence electrons. The molecule has 0 spiro atoms. The Morgan fingerprint density at radius 1 is 1.15 bits per heavy atom. The van der Waals surface area contributed by atoms with Crippen LogP contribution >= 0.6 is 34.8 Å². The quantitative estimate of drug-likeness (QED) is 0.590. The summed E-state index contributed by atoms with van der Waals surface area (Å²) >= 11 is 18.2. The third-order valence-electron chi connectivity index (χ3n) is 2.98. The Labute approximate surface area is 129 Å². The van der Waals surface area contributed by atoms with Gasteiger partial charge in [-0.05, 0) is 24.3 Å². The monoisotopic (exact) mass is 328 g/mol. The highest BCUT2D eigenvalue weighted by Crippen LogP contribution is 2.32. The lowest BCUT2D eigenvalue weighted by Crippen LogP contribution is -2.00. The van der Waals surface area contributed by atoms with Gasteiger partial charge in [-0.2, -0.15) is 0 Å². The van der Waals surface area contributed by atoms with Crippen molar-refractivity contribution in [1.82, 2.24) is 9.55 Å². The van der Waals surface area contributed by atoms with Gasteiger partial charge >= 0.3 is 0 Å². The maximum Gasteiger partial charge on any atom is 0.129 e. The van der Waals surface area contributed by atoms with Crippen molar-refractivity contribution in [2.24, 2.45) is 0 Å². The molecule has 0 aliphatic rings. The topological polar surface area (TPSA) is 17.8 Å². The van der Waals surface area contributed by atoms with Crippen LogP contribution in [0.15, 0.2) is 36.4 Å². The second-order valence-corrected chi connectivity index (χ2v) is 5.26. The van der Waals surface area contributed by atoms with Crippen molar-refractivity contribution in [1.29, 1.82) is 0 Å². The lowest BCUT2D eigenvalue weighted by Gasteiger charge is -2.10. The number of benzene rings is 2. The SMILES string of the molecule is Fc1ccc2c(c1)nc(CCl)n2-c1cccc(Cl)c1Cl. The molecule has 0 N–H and O–H groups in total. The number of fused-ring (bicyclic) bond motifs is 1. The van der Waals surface area contributed by atoms with Gasteiger partial charge < -0.3 is 0 Å². The predicted octanol–water partition coefficient (Wildman–Crippen LogP) is 5.21. The smallest absolute Gasteiger partial charge is 0.129 e. The Morgan fingerprint density at radius 2 is 1.95 bits per heavy atom. The largest absolute Gasteiger partial charge is 0.294 e. The van der Waals surface area contributed by atoms with Crippen molar-refractivity contribution in [2.45, 2.75) is 5.88 Å². The molecule has 1 aromatic heterocycles. The molecule has 0 unspecified atom stereocenters. The molecular weight excluding hydrogens is 322 g/mol. The lowest BCUT2D eigenvalue weighted by molar-refractivity contribution is 0.629. The summed E-state index contributed by atoms with van der Waals surface area (Å²) in [6, 6.07) is 9.68. The van der Waals surface area contributed by atoms with E-state index in [0.717, 1.165) is 5.52 Å². The van der Waals surface area contributed by atoms with E-state index in [1.807, 2.05) is 6.07 Å². The first kappa shape index (κ1) is 13.7. The highest BCUT2D eigenvalue weighted by molar-refractivity contribution is 6.43. The minimum atomic E-state index is -0.347. The number of rotatable bonds is 2. The predicted molar refractivity (Wildman–Crippen MR) is 80.6 cm³/mol. The fraction of sp³-hybridized carbons (Fsp3) is 0.0714. The molecule has 0 fully saturated rings. The van der Waals surface area contributed by atoms with Crippen molar-refractivity contribution >= 4 is 45.8 Å². The lowest BCUT2D eigenvalue weighted by atomic mass is 10.2. The third-order valence-corrected chi connectivity index (χ3v) is 4.03. The zero-order valence-corrected chi connectivity index (χ0v) is 12.3. The Hall–Kier alpha value is -1.29. The van der Waals surface area contributed by atoms with Crippen LogP contribution in [0.4, 0.5) is 4.39 Å². The fourth-order valence-electron chi connectivity index (χ4n) is 2.13. The zero-order valence-electron chi connectivity index (χ0n) is 10.1. The number of halogens is 4. The summed E-state index contributed by atoms with van der Waals surface area (Å²) in [5.74, 6) is 0.413. The van der Waals surface area contributed by atoms with Gasteiger partial charge in [0.15, 0.2) is 0 Å². The van der Waals surface area contributed by atoms with Gasteiger partial charge in [-0.25, -0.2) is 9.37 Å². The van der Waals surface area contributed by atoms with Crippen molar-refractivity contribution in [3.05, 3.63) is 58.1 Å². The highest BCUT2D eigenvalue weighted by atomic mass is 35.5. The maximum absolute atomic E-state index is 13.3. The summed E-state index contributed by atoms with van der Waals surface area (Å²) in [5.41, 5.74) is 1.92. The number of imidazole rings is 1. The van der Waals surface area contributed by atoms with Gasteiger partial charge in [0.2, 0.25) is 0 Å². The first-order valence-corrected chi connectivity index (χ1v) is 7.08. The molecule has 0 saturated heterocycles. The molecule has 0 radical (unpaired) electrons. The molecule has 6 heteroatoms. The molecule has 0 aliphatic carbocycles. The van der Waals surface area contributed by atoms with Crippen molar-refractivity contribution < 1.29 is 4.39 Å². The Balaban J connectivity index is 2.37. The maximum atomic E-state index is 13.3. The molecule has 3 rings (SSSR count). The standard InChI is InChI=1S/C14H8Cl3FN2/c15-7-13-19-10-6-8(18)4-5-11(10)20(13)12-3-1-2-9(16)14(12)17/h1-6H,7H2. The van der Waals surface area contributed by atoms with Crippen LogP contribution in [0, 0.1) is 5.82 Å². The van der Waals surface area contributed by atoms with Crippen LogP contribution in [0.25, 0.3) is 16.7 Å². The van der Waals surface area contributed by atoms with Gasteiger partial charge in [-0.1, -0.05) is 29.3 Å². The van der Waals surface area contributed by atoms with Gasteiger partial charge in [0, 0.05) is 6.07 Å². The molecule has 0 amide bonds. The average molecular weight is 330 g/mol. The van der Waals surface area contributed by atoms with E-state index in [1.165, 1.54) is 12.1 Å². The number of nitrogens with zero attached hydrogens (tertiary/aromatic N) is 2. The zero-order chi connectivity index (χ0) is 14.3. The molecule has 0 atom stereocenters. The third kappa shape index (κ3) is 2.16. The normalized spacial score (nSPS) is 11.2. The van der Waals surface area contributed by atoms with Gasteiger partial charge in [0.05, 0.1) is 32.6 Å². The van der Waals surface area contributed by atoms with Crippen LogP contribution in [-0.2, 0) is 5.88 Å². The second-order valence-electron chi connectivity index (χ2n) is 4.20. The van der Waals surface area contributed by atoms with Gasteiger partial charge in [0.1, 0.15) is 11.6 Å². The molecule has 2 aromatic carbocycles. The van der Waals surface area contributed by atoms with Gasteiger partial charge in [-0.15, -0.1) is 11.6 Å². The van der Waals surface area contributed by atoms with E-state index in [2.05, 4.69) is 4.98 Å². The molecule has 3 aromatic rings. The van der Waals surface area contributed by atoms with E-state index in [4.69, 9.17) is 34.8 Å². The van der Waals surface area contributed by atoms with Gasteiger partial charge in [-0.3, -0.25) is 4.57 Å². The second kappa shape index (κ2) is 5.24. The molecular formula is C14H8Cl3FN2. The van der Waals surface area contributed by atoms with Gasteiger partial charge in [0.25, 0.3) is 0 Å². The molecule has 2 nitrogen and oxygen atoms in total. The molecule has 0 saturated carbocycles. The van der Waals surface area contributed by atoms with E-state index in [1.54, 1.807) is 22.8 Å². The Morgan fingerprint density at radius 3 is 2.70 bits per heavy atom. The molecule has 20 heavy (non-hydrogen) atoms. The summed E-state index contributed by atoms with van der Waals surface area (Å²) in [7, 11) is 0. The number of hydrogen-bond donors (Lipinski definition) is 0. The Bertz CT molecular complexity index is 798. The fourth-order valence-corrected chi connectivity index (χ4v) is 2.69. The minimum absolute atomic E-state index is 0.180. The summed E-state index contributed by atoms with van der Waals surface area (Å²) in [4.78, 5) is 4.33. The first-order valence-electron chi connectivity index (χ1n) is 5.79. The van der Waals surface area contributed by atoms with Crippen molar-refractivity contribution in [3.63, 3.8) is 0 Å². The van der Waals surface area contributed by atoms with E-state index < -0.39 is 0 Å². The van der Waals surface area contributed by atoms with Crippen LogP contribution in [0.1, 0.15) is 5.82 Å². The minimum Gasteiger partial charge on any atom is -0.294 e. The number of aromatic nitrogens is 2. The van der Waals surface area contributed by atoms with E-state index in [0.29, 0.717) is 27.1 Å². The molecule has 1 heterocycles. The van der Waals surface area contributed by atoms with Crippen molar-refractivity contribution in [3.8, 4) is 5.69 Å². The van der Waals surface area contributed by atoms with E-state index in [9.17, 15) is 4.39 Å². The molecule has 0 bridgehead atoms. The summed E-state index contributed by atoms with van der Waals surface area (Å²) in [6.45, 7) is 0. The highest BCUT2D eigenvalue weighted by Gasteiger charge is 2.15. The number of hydrogen-bond acceptors (Lipinski definition) is 1. The van der Waals surface area contributed by atoms with E-state index in [-0.39, 0.29) is 11.7 Å². The van der Waals surface area contributed by atoms with E-state index >= 15 is 0 Å². The van der Waals surface area contributed by atoms with Crippen LogP contribution < -0.4 is 0 Å². The number of alkyl halides is 1. The van der Waals surface area contributed by atoms with Crippen molar-refractivity contribution in [2.75, 3.05) is 0 Å². The summed E-state index contributed by atoms with van der Waals surface area (Å²) in [5, 5.41) is 0.845. The average Bonchev–Trinajstić information content (AvgIpc) is 2.79.